The van der Waals surface area contributed by atoms with E-state index in [9.17, 15) is 0 Å². The van der Waals surface area contributed by atoms with Crippen molar-refractivity contribution in [2.24, 2.45) is 0 Å². The predicted octanol–water partition coefficient (Wildman–Crippen LogP) is 13.4. The van der Waals surface area contributed by atoms with E-state index in [-0.39, 0.29) is 35.6 Å². The molecule has 0 heterocycles. The number of fused-ring (bicyclic) bond motifs is 3. The normalized spacial score (nSPS) is 13.2. The van der Waals surface area contributed by atoms with Crippen LogP contribution < -0.4 is 3.32 Å². The zero-order valence-corrected chi connectivity index (χ0v) is 38.8. The smallest absolute Gasteiger partial charge is 0.147 e. The summed E-state index contributed by atoms with van der Waals surface area (Å²) in [6.45, 7) is 23.8. The van der Waals surface area contributed by atoms with E-state index < -0.39 is 21.0 Å². The first-order valence-electron chi connectivity index (χ1n) is 19.4. The number of halogens is 2. The van der Waals surface area contributed by atoms with Crippen molar-refractivity contribution in [2.75, 3.05) is 0 Å². The van der Waals surface area contributed by atoms with Crippen LogP contribution in [0.1, 0.15) is 143 Å². The molecule has 0 amide bonds. The van der Waals surface area contributed by atoms with Crippen LogP contribution in [0, 0.1) is 13.8 Å². The number of hydrogen-bond donors (Lipinski definition) is 0. The molecule has 276 valence electrons. The molecule has 0 fully saturated rings. The summed E-state index contributed by atoms with van der Waals surface area (Å²) >= 11 is -3.07. The van der Waals surface area contributed by atoms with Crippen LogP contribution in [-0.2, 0) is 51.0 Å². The van der Waals surface area contributed by atoms with Gasteiger partial charge in [-0.25, -0.2) is 0 Å². The van der Waals surface area contributed by atoms with Crippen LogP contribution in [0.4, 0.5) is 0 Å². The second-order valence-corrected chi connectivity index (χ2v) is 25.7. The molecule has 0 radical (unpaired) electrons. The summed E-state index contributed by atoms with van der Waals surface area (Å²) in [6.07, 6.45) is 16.7. The van der Waals surface area contributed by atoms with Gasteiger partial charge in [-0.1, -0.05) is 0 Å². The van der Waals surface area contributed by atoms with Crippen molar-refractivity contribution in [3.05, 3.63) is 144 Å². The Hall–Kier alpha value is -2.32. The van der Waals surface area contributed by atoms with Crippen molar-refractivity contribution < 1.29 is 21.0 Å². The first-order valence-corrected chi connectivity index (χ1v) is 24.8. The Bertz CT molecular complexity index is 1920. The molecule has 0 saturated carbocycles. The number of benzene rings is 4. The molecule has 4 aromatic carbocycles. The molecule has 2 aliphatic rings. The van der Waals surface area contributed by atoms with Crippen molar-refractivity contribution in [1.82, 2.24) is 0 Å². The maximum atomic E-state index is 2.61. The van der Waals surface area contributed by atoms with E-state index in [1.54, 1.807) is 21.0 Å². The maximum Gasteiger partial charge on any atom is -0.147 e. The first kappa shape index (κ1) is 42.4. The Labute approximate surface area is 336 Å². The fourth-order valence-corrected chi connectivity index (χ4v) is 20.8. The minimum Gasteiger partial charge on any atom is -0.147 e. The van der Waals surface area contributed by atoms with Gasteiger partial charge in [0.1, 0.15) is 0 Å². The van der Waals surface area contributed by atoms with Crippen molar-refractivity contribution in [1.29, 1.82) is 0 Å². The molecule has 3 heteroatoms. The Kier molecular flexibility index (Phi) is 14.2. The van der Waals surface area contributed by atoms with Crippen LogP contribution in [0.15, 0.2) is 88.3 Å². The van der Waals surface area contributed by atoms with Crippen LogP contribution in [0.2, 0.25) is 0 Å². The molecule has 0 atom stereocenters. The van der Waals surface area contributed by atoms with E-state index in [1.165, 1.54) is 81.3 Å². The van der Waals surface area contributed by atoms with E-state index in [4.69, 9.17) is 0 Å². The summed E-state index contributed by atoms with van der Waals surface area (Å²) in [5.74, 6) is 0. The van der Waals surface area contributed by atoms with Gasteiger partial charge < -0.3 is 0 Å². The third kappa shape index (κ3) is 8.80. The fourth-order valence-electron chi connectivity index (χ4n) is 8.51. The van der Waals surface area contributed by atoms with Crippen molar-refractivity contribution in [3.63, 3.8) is 0 Å². The monoisotopic (exact) mass is 900 g/mol. The third-order valence-corrected chi connectivity index (χ3v) is 22.9. The molecule has 0 N–H and O–H groups in total. The molecular formula is C49H62Cl2Hf. The van der Waals surface area contributed by atoms with Crippen LogP contribution in [0.5, 0.6) is 0 Å². The summed E-state index contributed by atoms with van der Waals surface area (Å²) < 4.78 is 5.13. The molecule has 0 bridgehead atoms. The molecule has 52 heavy (non-hydrogen) atoms. The summed E-state index contributed by atoms with van der Waals surface area (Å²) in [5.41, 5.74) is 18.1. The molecule has 0 aromatic heterocycles. The number of aryl methyl sites for hydroxylation is 3. The second-order valence-electron chi connectivity index (χ2n) is 17.1. The Morgan fingerprint density at radius 1 is 0.673 bits per heavy atom. The van der Waals surface area contributed by atoms with Crippen LogP contribution in [0.3, 0.4) is 0 Å². The van der Waals surface area contributed by atoms with Gasteiger partial charge in [0.15, 0.2) is 0 Å². The predicted molar refractivity (Wildman–Crippen MR) is 231 cm³/mol. The van der Waals surface area contributed by atoms with Gasteiger partial charge >= 0.3 is 314 Å². The number of allylic oxidation sites excluding steroid dienone is 4. The number of unbranched alkanes of at least 4 members (excludes halogenated alkanes) is 2. The van der Waals surface area contributed by atoms with Crippen LogP contribution in [-0.4, -0.2) is 3.26 Å². The van der Waals surface area contributed by atoms with E-state index >= 15 is 0 Å². The van der Waals surface area contributed by atoms with Gasteiger partial charge in [-0.3, -0.25) is 0 Å². The van der Waals surface area contributed by atoms with E-state index in [0.717, 1.165) is 25.7 Å². The fraction of sp³-hybridized carbons (Fsp3) is 0.408. The average molecular weight is 900 g/mol. The van der Waals surface area contributed by atoms with Gasteiger partial charge in [0, 0.05) is 0 Å². The zero-order chi connectivity index (χ0) is 35.8. The van der Waals surface area contributed by atoms with E-state index in [2.05, 4.69) is 154 Å². The molecule has 0 unspecified atom stereocenters. The Morgan fingerprint density at radius 3 is 1.65 bits per heavy atom. The minimum atomic E-state index is -3.07. The van der Waals surface area contributed by atoms with Crippen LogP contribution >= 0.6 is 24.8 Å². The minimum absolute atomic E-state index is 0. The second kappa shape index (κ2) is 17.4. The molecule has 0 spiro atoms. The first-order chi connectivity index (χ1) is 23.8. The molecule has 4 aromatic rings. The van der Waals surface area contributed by atoms with Gasteiger partial charge in [-0.15, -0.1) is 24.8 Å². The molecule has 0 aliphatic heterocycles. The number of hydrogen-bond acceptors (Lipinski definition) is 0. The van der Waals surface area contributed by atoms with E-state index in [1.807, 2.05) is 0 Å². The van der Waals surface area contributed by atoms with Gasteiger partial charge in [0.05, 0.1) is 0 Å². The molecule has 2 aliphatic carbocycles. The van der Waals surface area contributed by atoms with Crippen LogP contribution in [0.25, 0.3) is 11.1 Å². The Morgan fingerprint density at radius 2 is 1.19 bits per heavy atom. The quantitative estimate of drug-likeness (QED) is 0.123. The maximum absolute atomic E-state index is 3.07. The molecule has 0 saturated heterocycles. The van der Waals surface area contributed by atoms with E-state index in [0.29, 0.717) is 0 Å². The molecule has 6 rings (SSSR count). The van der Waals surface area contributed by atoms with Gasteiger partial charge in [0.25, 0.3) is 0 Å². The largest absolute Gasteiger partial charge is 0.147 e. The molecule has 0 nitrogen and oxygen atoms in total. The summed E-state index contributed by atoms with van der Waals surface area (Å²) in [5, 5.41) is 0. The SMILES string of the molecule is CCCCc1ccc([C](c2ccc(CCCC)cc2)=[Hf]([C]2=CC=CC2)[c]2c(C)c(C(C)(C)C)cc3c2Cc2cc(C)c(C(C)(C)C)cc2-3)cc1.Cl.Cl. The van der Waals surface area contributed by atoms with Gasteiger partial charge in [-0.2, -0.15) is 0 Å². The Balaban J connectivity index is 0.00000302. The standard InChI is InChI=1S/C23H29.C21H26.C5H5.2ClH.Hf/c1-14-9-16-11-17-10-15(2)21(23(6,7)8)13-19(17)18(16)12-20(14)22(3,4)5;1-3-5-7-18-9-13-20(14-10-18)17-21-15-11-19(12-16-21)8-6-4-2;1-2-4-5-3-1;;;/h9,12-13H,11H2,1-8H3;9-16H,3-8H2,1-2H3;1-3H,4H2;2*1H;. The van der Waals surface area contributed by atoms with Crippen molar-refractivity contribution in [3.8, 4) is 11.1 Å². The van der Waals surface area contributed by atoms with Gasteiger partial charge in [0.2, 0.25) is 0 Å². The number of rotatable bonds is 10. The van der Waals surface area contributed by atoms with Gasteiger partial charge in [-0.05, 0) is 0 Å². The topological polar surface area (TPSA) is 0 Å². The summed E-state index contributed by atoms with van der Waals surface area (Å²) in [7, 11) is 0. The summed E-state index contributed by atoms with van der Waals surface area (Å²) in [6, 6.07) is 27.4. The summed E-state index contributed by atoms with van der Waals surface area (Å²) in [4.78, 5) is 0. The zero-order valence-electron chi connectivity index (χ0n) is 33.6. The van der Waals surface area contributed by atoms with Crippen molar-refractivity contribution >= 4 is 31.4 Å². The third-order valence-electron chi connectivity index (χ3n) is 11.1. The average Bonchev–Trinajstić information content (AvgIpc) is 3.73. The molecular weight excluding hydrogens is 838 g/mol. The van der Waals surface area contributed by atoms with Crippen molar-refractivity contribution in [2.45, 2.75) is 131 Å².